The Morgan fingerprint density at radius 1 is 1.11 bits per heavy atom. The third-order valence-electron chi connectivity index (χ3n) is 2.59. The third-order valence-corrected chi connectivity index (χ3v) is 2.59. The van der Waals surface area contributed by atoms with Crippen molar-refractivity contribution in [2.45, 2.75) is 26.4 Å². The fourth-order valence-electron chi connectivity index (χ4n) is 1.66. The standard InChI is InChI=1S/C12H23N3O4/c1-12(2,3)19-11(17)15-7-5-14(6-8-15)10(16)13-9-18-4/h5-9H2,1-4H3,(H,13,16). The number of hydrogen-bond acceptors (Lipinski definition) is 4. The van der Waals surface area contributed by atoms with Crippen LogP contribution in [0.4, 0.5) is 9.59 Å². The highest BCUT2D eigenvalue weighted by molar-refractivity contribution is 5.74. The number of methoxy groups -OCH3 is 1. The minimum Gasteiger partial charge on any atom is -0.444 e. The molecule has 0 spiro atoms. The van der Waals surface area contributed by atoms with Crippen LogP contribution >= 0.6 is 0 Å². The molecule has 19 heavy (non-hydrogen) atoms. The smallest absolute Gasteiger partial charge is 0.410 e. The van der Waals surface area contributed by atoms with Gasteiger partial charge in [0.25, 0.3) is 0 Å². The van der Waals surface area contributed by atoms with Crippen molar-refractivity contribution in [2.24, 2.45) is 0 Å². The van der Waals surface area contributed by atoms with Gasteiger partial charge in [-0.25, -0.2) is 9.59 Å². The molecule has 0 aromatic heterocycles. The van der Waals surface area contributed by atoms with Gasteiger partial charge in [0.2, 0.25) is 0 Å². The number of urea groups is 1. The Kier molecular flexibility index (Phi) is 5.41. The Labute approximate surface area is 113 Å². The molecule has 1 saturated heterocycles. The van der Waals surface area contributed by atoms with E-state index in [9.17, 15) is 9.59 Å². The first kappa shape index (κ1) is 15.6. The zero-order valence-electron chi connectivity index (χ0n) is 12.1. The van der Waals surface area contributed by atoms with Gasteiger partial charge in [-0.15, -0.1) is 0 Å². The monoisotopic (exact) mass is 273 g/mol. The van der Waals surface area contributed by atoms with Gasteiger partial charge in [0.1, 0.15) is 12.3 Å². The zero-order chi connectivity index (χ0) is 14.5. The van der Waals surface area contributed by atoms with Crippen LogP contribution in [0.2, 0.25) is 0 Å². The van der Waals surface area contributed by atoms with E-state index < -0.39 is 5.60 Å². The van der Waals surface area contributed by atoms with E-state index >= 15 is 0 Å². The number of amides is 3. The van der Waals surface area contributed by atoms with Crippen molar-refractivity contribution in [3.8, 4) is 0 Å². The van der Waals surface area contributed by atoms with Gasteiger partial charge in [-0.05, 0) is 20.8 Å². The van der Waals surface area contributed by atoms with Crippen molar-refractivity contribution >= 4 is 12.1 Å². The normalized spacial score (nSPS) is 16.2. The van der Waals surface area contributed by atoms with E-state index in [4.69, 9.17) is 9.47 Å². The van der Waals surface area contributed by atoms with Gasteiger partial charge in [0, 0.05) is 33.3 Å². The van der Waals surface area contributed by atoms with E-state index in [1.807, 2.05) is 20.8 Å². The molecule has 1 heterocycles. The average molecular weight is 273 g/mol. The fourth-order valence-corrected chi connectivity index (χ4v) is 1.66. The number of ether oxygens (including phenoxy) is 2. The average Bonchev–Trinajstić information content (AvgIpc) is 2.34. The van der Waals surface area contributed by atoms with Crippen LogP contribution < -0.4 is 5.32 Å². The zero-order valence-corrected chi connectivity index (χ0v) is 12.1. The molecule has 1 aliphatic rings. The third kappa shape index (κ3) is 5.34. The van der Waals surface area contributed by atoms with Crippen LogP contribution in [0, 0.1) is 0 Å². The predicted molar refractivity (Wildman–Crippen MR) is 69.8 cm³/mol. The molecule has 7 heteroatoms. The number of carbonyl (C=O) groups is 2. The highest BCUT2D eigenvalue weighted by Gasteiger charge is 2.27. The molecule has 0 saturated carbocycles. The molecule has 0 unspecified atom stereocenters. The predicted octanol–water partition coefficient (Wildman–Crippen LogP) is 0.853. The summed E-state index contributed by atoms with van der Waals surface area (Å²) >= 11 is 0. The molecule has 110 valence electrons. The summed E-state index contributed by atoms with van der Waals surface area (Å²) in [5.74, 6) is 0. The van der Waals surface area contributed by atoms with Gasteiger partial charge in [0.05, 0.1) is 0 Å². The summed E-state index contributed by atoms with van der Waals surface area (Å²) in [7, 11) is 1.51. The van der Waals surface area contributed by atoms with E-state index in [1.165, 1.54) is 7.11 Å². The maximum atomic E-state index is 11.8. The van der Waals surface area contributed by atoms with Crippen LogP contribution in [0.15, 0.2) is 0 Å². The number of carbonyl (C=O) groups excluding carboxylic acids is 2. The van der Waals surface area contributed by atoms with E-state index in [0.717, 1.165) is 0 Å². The lowest BCUT2D eigenvalue weighted by molar-refractivity contribution is 0.0167. The van der Waals surface area contributed by atoms with Crippen LogP contribution in [0.25, 0.3) is 0 Å². The van der Waals surface area contributed by atoms with Crippen LogP contribution in [0.1, 0.15) is 20.8 Å². The molecular weight excluding hydrogens is 250 g/mol. The number of nitrogens with zero attached hydrogens (tertiary/aromatic N) is 2. The molecule has 1 aliphatic heterocycles. The lowest BCUT2D eigenvalue weighted by Gasteiger charge is -2.35. The molecule has 0 atom stereocenters. The Bertz CT molecular complexity index is 319. The van der Waals surface area contributed by atoms with Gasteiger partial charge in [-0.1, -0.05) is 0 Å². The molecular formula is C12H23N3O4. The van der Waals surface area contributed by atoms with E-state index in [2.05, 4.69) is 5.32 Å². The molecule has 1 rings (SSSR count). The van der Waals surface area contributed by atoms with Crippen molar-refractivity contribution in [1.82, 2.24) is 15.1 Å². The minimum absolute atomic E-state index is 0.175. The topological polar surface area (TPSA) is 71.1 Å². The van der Waals surface area contributed by atoms with Crippen LogP contribution in [0.5, 0.6) is 0 Å². The molecule has 0 aromatic carbocycles. The second-order valence-corrected chi connectivity index (χ2v) is 5.37. The maximum Gasteiger partial charge on any atom is 0.410 e. The van der Waals surface area contributed by atoms with E-state index in [-0.39, 0.29) is 18.9 Å². The quantitative estimate of drug-likeness (QED) is 0.757. The summed E-state index contributed by atoms with van der Waals surface area (Å²) in [4.78, 5) is 26.8. The second kappa shape index (κ2) is 6.60. The van der Waals surface area contributed by atoms with Crippen molar-refractivity contribution < 1.29 is 19.1 Å². The molecule has 3 amide bonds. The summed E-state index contributed by atoms with van der Waals surface area (Å²) < 4.78 is 10.1. The first-order valence-electron chi connectivity index (χ1n) is 6.33. The first-order chi connectivity index (χ1) is 8.83. The van der Waals surface area contributed by atoms with Crippen LogP contribution in [-0.2, 0) is 9.47 Å². The Morgan fingerprint density at radius 3 is 2.11 bits per heavy atom. The highest BCUT2D eigenvalue weighted by atomic mass is 16.6. The van der Waals surface area contributed by atoms with Crippen molar-refractivity contribution in [3.05, 3.63) is 0 Å². The van der Waals surface area contributed by atoms with Gasteiger partial charge < -0.3 is 24.6 Å². The van der Waals surface area contributed by atoms with E-state index in [1.54, 1.807) is 9.80 Å². The number of piperazine rings is 1. The summed E-state index contributed by atoms with van der Waals surface area (Å²) in [6.45, 7) is 7.64. The van der Waals surface area contributed by atoms with Gasteiger partial charge in [0.15, 0.2) is 0 Å². The number of rotatable bonds is 2. The lowest BCUT2D eigenvalue weighted by atomic mass is 10.2. The highest BCUT2D eigenvalue weighted by Crippen LogP contribution is 2.11. The Morgan fingerprint density at radius 2 is 1.63 bits per heavy atom. The summed E-state index contributed by atoms with van der Waals surface area (Å²) in [6, 6.07) is -0.175. The van der Waals surface area contributed by atoms with E-state index in [0.29, 0.717) is 26.2 Å². The van der Waals surface area contributed by atoms with Gasteiger partial charge in [-0.2, -0.15) is 0 Å². The molecule has 0 bridgehead atoms. The lowest BCUT2D eigenvalue weighted by Crippen LogP contribution is -2.54. The van der Waals surface area contributed by atoms with Crippen molar-refractivity contribution in [3.63, 3.8) is 0 Å². The van der Waals surface area contributed by atoms with Crippen molar-refractivity contribution in [1.29, 1.82) is 0 Å². The maximum absolute atomic E-state index is 11.8. The Balaban J connectivity index is 2.36. The second-order valence-electron chi connectivity index (χ2n) is 5.37. The minimum atomic E-state index is -0.496. The largest absolute Gasteiger partial charge is 0.444 e. The molecule has 1 N–H and O–H groups in total. The molecule has 0 aliphatic carbocycles. The fraction of sp³-hybridized carbons (Fsp3) is 0.833. The summed E-state index contributed by atoms with van der Waals surface area (Å²) in [6.07, 6.45) is -0.329. The van der Waals surface area contributed by atoms with Crippen LogP contribution in [-0.4, -0.2) is 67.5 Å². The molecule has 7 nitrogen and oxygen atoms in total. The van der Waals surface area contributed by atoms with Crippen LogP contribution in [0.3, 0.4) is 0 Å². The molecule has 0 radical (unpaired) electrons. The SMILES string of the molecule is COCNC(=O)N1CCN(C(=O)OC(C)(C)C)CC1. The van der Waals surface area contributed by atoms with Crippen molar-refractivity contribution in [2.75, 3.05) is 40.0 Å². The van der Waals surface area contributed by atoms with Gasteiger partial charge in [-0.3, -0.25) is 0 Å². The number of hydrogen-bond donors (Lipinski definition) is 1. The Hall–Kier alpha value is -1.50. The number of nitrogens with one attached hydrogen (secondary N) is 1. The molecule has 1 fully saturated rings. The first-order valence-corrected chi connectivity index (χ1v) is 6.33. The summed E-state index contributed by atoms with van der Waals surface area (Å²) in [5, 5.41) is 2.61. The summed E-state index contributed by atoms with van der Waals surface area (Å²) in [5.41, 5.74) is -0.496. The van der Waals surface area contributed by atoms with Gasteiger partial charge >= 0.3 is 12.1 Å². The molecule has 0 aromatic rings.